The number of nitrogens with zero attached hydrogens (tertiary/aromatic N) is 2. The number of carbonyl (C=O) groups is 1. The van der Waals surface area contributed by atoms with Gasteiger partial charge >= 0.3 is 0 Å². The summed E-state index contributed by atoms with van der Waals surface area (Å²) in [6.45, 7) is 4.19. The van der Waals surface area contributed by atoms with Crippen LogP contribution >= 0.6 is 11.8 Å². The molecule has 2 atom stereocenters. The molecule has 5 heteroatoms. The van der Waals surface area contributed by atoms with Crippen LogP contribution in [0.25, 0.3) is 6.08 Å². The van der Waals surface area contributed by atoms with Crippen molar-refractivity contribution in [3.63, 3.8) is 0 Å². The Labute approximate surface area is 239 Å². The molecule has 0 radical (unpaired) electrons. The molecule has 0 spiro atoms. The summed E-state index contributed by atoms with van der Waals surface area (Å²) in [6.07, 6.45) is 4.11. The maximum atomic E-state index is 12.8. The van der Waals surface area contributed by atoms with Crippen LogP contribution in [0.4, 0.5) is 11.4 Å². The molecule has 198 valence electrons. The minimum atomic E-state index is -0.0980. The molecule has 4 nitrogen and oxygen atoms in total. The molecular formula is C35H31N3OS. The van der Waals surface area contributed by atoms with Gasteiger partial charge in [0.15, 0.2) is 5.17 Å². The van der Waals surface area contributed by atoms with Crippen molar-refractivity contribution in [2.75, 3.05) is 18.0 Å². The molecule has 0 bridgehead atoms. The number of thioether (sulfide) groups is 1. The van der Waals surface area contributed by atoms with Gasteiger partial charge in [0.05, 0.1) is 10.6 Å². The second-order valence-electron chi connectivity index (χ2n) is 10.9. The molecule has 40 heavy (non-hydrogen) atoms. The summed E-state index contributed by atoms with van der Waals surface area (Å²) in [6, 6.07) is 34.4. The molecule has 0 saturated carbocycles. The number of rotatable bonds is 4. The number of aryl methyl sites for hydroxylation is 1. The first-order chi connectivity index (χ1) is 19.6. The van der Waals surface area contributed by atoms with Gasteiger partial charge in [0.1, 0.15) is 0 Å². The summed E-state index contributed by atoms with van der Waals surface area (Å²) >= 11 is 1.41. The molecule has 4 aromatic rings. The highest BCUT2D eigenvalue weighted by molar-refractivity contribution is 8.18. The number of amides is 1. The summed E-state index contributed by atoms with van der Waals surface area (Å²) in [4.78, 5) is 21.1. The first-order valence-corrected chi connectivity index (χ1v) is 14.8. The van der Waals surface area contributed by atoms with E-state index in [-0.39, 0.29) is 5.91 Å². The Balaban J connectivity index is 1.31. The van der Waals surface area contributed by atoms with Crippen molar-refractivity contribution in [1.29, 1.82) is 0 Å². The van der Waals surface area contributed by atoms with E-state index in [0.29, 0.717) is 21.9 Å². The largest absolute Gasteiger partial charge is 0.371 e. The smallest absolute Gasteiger partial charge is 0.264 e. The molecule has 1 fully saturated rings. The van der Waals surface area contributed by atoms with Crippen molar-refractivity contribution < 1.29 is 4.79 Å². The van der Waals surface area contributed by atoms with Crippen molar-refractivity contribution in [2.45, 2.75) is 31.6 Å². The molecule has 1 amide bonds. The third-order valence-corrected chi connectivity index (χ3v) is 9.17. The minimum Gasteiger partial charge on any atom is -0.371 e. The van der Waals surface area contributed by atoms with Crippen LogP contribution in [0.2, 0.25) is 0 Å². The summed E-state index contributed by atoms with van der Waals surface area (Å²) < 4.78 is 0. The number of hydrogen-bond donors (Lipinski definition) is 1. The van der Waals surface area contributed by atoms with Crippen LogP contribution in [0.5, 0.6) is 0 Å². The number of carbonyl (C=O) groups excluding carboxylic acids is 1. The van der Waals surface area contributed by atoms with Crippen molar-refractivity contribution in [3.05, 3.63) is 135 Å². The normalized spacial score (nSPS) is 21.9. The summed E-state index contributed by atoms with van der Waals surface area (Å²) in [5, 5.41) is 3.64. The van der Waals surface area contributed by atoms with E-state index < -0.39 is 0 Å². The minimum absolute atomic E-state index is 0.0980. The molecule has 3 heterocycles. The number of benzene rings is 4. The predicted octanol–water partition coefficient (Wildman–Crippen LogP) is 7.76. The first kappa shape index (κ1) is 24.9. The molecule has 0 aromatic heterocycles. The van der Waals surface area contributed by atoms with Crippen LogP contribution < -0.4 is 10.2 Å². The summed E-state index contributed by atoms with van der Waals surface area (Å²) in [7, 11) is 0. The molecule has 7 rings (SSSR count). The fourth-order valence-corrected chi connectivity index (χ4v) is 7.16. The number of hydrogen-bond acceptors (Lipinski definition) is 4. The maximum Gasteiger partial charge on any atom is 0.264 e. The average molecular weight is 542 g/mol. The van der Waals surface area contributed by atoms with Gasteiger partial charge < -0.3 is 10.2 Å². The standard InChI is InChI=1S/C35H31N3OS/c1-23-12-14-24(15-13-23)20-32-34(39)37-35(40-32)36-27-21-30-28(25-8-4-2-5-9-25)16-18-38-19-17-29(31(22-27)33(30)38)26-10-6-3-7-11-26/h2-15,20-22,28-29H,16-19H2,1H3,(H,36,37,39)/b32-20-/t28-,29+. The van der Waals surface area contributed by atoms with Crippen LogP contribution in [-0.4, -0.2) is 24.2 Å². The molecule has 3 aliphatic heterocycles. The van der Waals surface area contributed by atoms with Gasteiger partial charge in [0.2, 0.25) is 0 Å². The highest BCUT2D eigenvalue weighted by atomic mass is 32.2. The fraction of sp³-hybridized carbons (Fsp3) is 0.200. The van der Waals surface area contributed by atoms with E-state index in [9.17, 15) is 4.79 Å². The van der Waals surface area contributed by atoms with Gasteiger partial charge in [-0.2, -0.15) is 0 Å². The van der Waals surface area contributed by atoms with Crippen LogP contribution in [0, 0.1) is 6.92 Å². The lowest BCUT2D eigenvalue weighted by Gasteiger charge is -2.43. The molecule has 0 unspecified atom stereocenters. The van der Waals surface area contributed by atoms with Gasteiger partial charge in [-0.3, -0.25) is 4.79 Å². The zero-order valence-corrected chi connectivity index (χ0v) is 23.3. The van der Waals surface area contributed by atoms with Crippen molar-refractivity contribution in [3.8, 4) is 0 Å². The molecule has 0 aliphatic carbocycles. The number of amidine groups is 1. The molecule has 1 saturated heterocycles. The van der Waals surface area contributed by atoms with E-state index in [2.05, 4.69) is 102 Å². The van der Waals surface area contributed by atoms with Crippen LogP contribution in [0.1, 0.15) is 58.1 Å². The molecule has 1 N–H and O–H groups in total. The van der Waals surface area contributed by atoms with Crippen molar-refractivity contribution in [1.82, 2.24) is 5.32 Å². The average Bonchev–Trinajstić information content (AvgIpc) is 3.33. The maximum absolute atomic E-state index is 12.8. The molecule has 3 aliphatic rings. The van der Waals surface area contributed by atoms with Gasteiger partial charge in [0.25, 0.3) is 5.91 Å². The summed E-state index contributed by atoms with van der Waals surface area (Å²) in [5.74, 6) is 0.548. The van der Waals surface area contributed by atoms with Gasteiger partial charge in [-0.1, -0.05) is 90.5 Å². The van der Waals surface area contributed by atoms with Gasteiger partial charge in [-0.15, -0.1) is 0 Å². The van der Waals surface area contributed by atoms with Crippen molar-refractivity contribution in [2.24, 2.45) is 4.99 Å². The highest BCUT2D eigenvalue weighted by Crippen LogP contribution is 2.50. The molecule has 4 aromatic carbocycles. The van der Waals surface area contributed by atoms with E-state index >= 15 is 0 Å². The first-order valence-electron chi connectivity index (χ1n) is 14.0. The predicted molar refractivity (Wildman–Crippen MR) is 166 cm³/mol. The lowest BCUT2D eigenvalue weighted by atomic mass is 9.76. The van der Waals surface area contributed by atoms with Gasteiger partial charge in [0, 0.05) is 30.6 Å². The Morgan fingerprint density at radius 3 is 1.98 bits per heavy atom. The Bertz CT molecular complexity index is 1550. The van der Waals surface area contributed by atoms with E-state index in [1.165, 1.54) is 45.3 Å². The number of aliphatic imine (C=N–C) groups is 1. The zero-order chi connectivity index (χ0) is 27.1. The fourth-order valence-electron chi connectivity index (χ4n) is 6.32. The van der Waals surface area contributed by atoms with Crippen molar-refractivity contribution >= 4 is 40.3 Å². The SMILES string of the molecule is Cc1ccc(/C=C2\SC(=Nc3cc4c5c(c3)[C@H](c3ccccc3)CCN5CC[C@@H]4c3ccccc3)NC2=O)cc1. The highest BCUT2D eigenvalue weighted by Gasteiger charge is 2.35. The van der Waals surface area contributed by atoms with Gasteiger partial charge in [-0.05, 0) is 77.6 Å². The molecular weight excluding hydrogens is 510 g/mol. The quantitative estimate of drug-likeness (QED) is 0.269. The van der Waals surface area contributed by atoms with Gasteiger partial charge in [-0.25, -0.2) is 4.99 Å². The van der Waals surface area contributed by atoms with E-state index in [1.54, 1.807) is 0 Å². The Morgan fingerprint density at radius 1 is 0.825 bits per heavy atom. The monoisotopic (exact) mass is 541 g/mol. The Kier molecular flexibility index (Phi) is 6.52. The number of nitrogens with one attached hydrogen (secondary N) is 1. The Morgan fingerprint density at radius 2 is 1.40 bits per heavy atom. The topological polar surface area (TPSA) is 44.7 Å². The van der Waals surface area contributed by atoms with Crippen LogP contribution in [0.3, 0.4) is 0 Å². The lowest BCUT2D eigenvalue weighted by Crippen LogP contribution is -2.37. The summed E-state index contributed by atoms with van der Waals surface area (Å²) in [5.41, 5.74) is 9.89. The zero-order valence-electron chi connectivity index (χ0n) is 22.5. The van der Waals surface area contributed by atoms with E-state index in [1.807, 2.05) is 18.2 Å². The Hall–Kier alpha value is -4.09. The second-order valence-corrected chi connectivity index (χ2v) is 11.9. The van der Waals surface area contributed by atoms with Crippen LogP contribution in [-0.2, 0) is 4.79 Å². The van der Waals surface area contributed by atoms with E-state index in [0.717, 1.165) is 37.2 Å². The number of anilines is 1. The van der Waals surface area contributed by atoms with Crippen LogP contribution in [0.15, 0.2) is 107 Å². The second kappa shape index (κ2) is 10.5. The van der Waals surface area contributed by atoms with E-state index in [4.69, 9.17) is 4.99 Å². The third-order valence-electron chi connectivity index (χ3n) is 8.26. The lowest BCUT2D eigenvalue weighted by molar-refractivity contribution is -0.115. The third kappa shape index (κ3) is 4.75.